The Balaban J connectivity index is 4.49. The normalized spacial score (nSPS) is 15.6. The summed E-state index contributed by atoms with van der Waals surface area (Å²) in [5.74, 6) is -0.677. The van der Waals surface area contributed by atoms with E-state index in [1.54, 1.807) is 20.8 Å². The molecule has 0 saturated heterocycles. The number of carbonyl (C=O) groups is 1. The number of carbonyl (C=O) groups excluding carboxylic acids is 1. The molecule has 0 rings (SSSR count). The first-order valence-corrected chi connectivity index (χ1v) is 6.80. The quantitative estimate of drug-likeness (QED) is 0.536. The first kappa shape index (κ1) is 15.6. The second-order valence-electron chi connectivity index (χ2n) is 4.42. The van der Waals surface area contributed by atoms with Crippen LogP contribution in [0.5, 0.6) is 0 Å². The van der Waals surface area contributed by atoms with E-state index in [9.17, 15) is 9.36 Å². The van der Waals surface area contributed by atoms with Gasteiger partial charge in [-0.2, -0.15) is 0 Å². The lowest BCUT2D eigenvalue weighted by Gasteiger charge is -2.25. The molecule has 0 bridgehead atoms. The Bertz CT molecular complexity index is 269. The van der Waals surface area contributed by atoms with E-state index < -0.39 is 19.4 Å². The summed E-state index contributed by atoms with van der Waals surface area (Å²) >= 11 is 0. The average molecular weight is 252 g/mol. The van der Waals surface area contributed by atoms with E-state index in [4.69, 9.17) is 9.05 Å². The molecule has 0 aliphatic carbocycles. The van der Waals surface area contributed by atoms with Crippen molar-refractivity contribution >= 4 is 13.8 Å². The van der Waals surface area contributed by atoms with Gasteiger partial charge in [0.05, 0.1) is 12.2 Å². The third-order valence-electron chi connectivity index (χ3n) is 1.37. The van der Waals surface area contributed by atoms with E-state index in [0.29, 0.717) is 0 Å². The van der Waals surface area contributed by atoms with Gasteiger partial charge in [0.15, 0.2) is 0 Å². The number of hydrogen-bond acceptors (Lipinski definition) is 5. The second-order valence-corrected chi connectivity index (χ2v) is 5.94. The van der Waals surface area contributed by atoms with Gasteiger partial charge in [0.1, 0.15) is 0 Å². The topological polar surface area (TPSA) is 61.8 Å². The maximum atomic E-state index is 12.0. The maximum Gasteiger partial charge on any atom is 0.532 e. The Morgan fingerprint density at radius 2 is 1.88 bits per heavy atom. The SMILES string of the molecule is CCCCOP(=O)(OC(C)=O)OC(C)(C)C. The van der Waals surface area contributed by atoms with Crippen LogP contribution in [0, 0.1) is 0 Å². The van der Waals surface area contributed by atoms with Crippen molar-refractivity contribution in [2.75, 3.05) is 6.61 Å². The first-order chi connectivity index (χ1) is 7.18. The van der Waals surface area contributed by atoms with Gasteiger partial charge in [0.25, 0.3) is 0 Å². The standard InChI is InChI=1S/C10H21O5P/c1-6-7-8-13-16(12,14-9(2)11)15-10(3,4)5/h6-8H2,1-5H3. The fourth-order valence-electron chi connectivity index (χ4n) is 0.885. The molecule has 0 fully saturated rings. The Morgan fingerprint density at radius 3 is 2.25 bits per heavy atom. The summed E-state index contributed by atoms with van der Waals surface area (Å²) in [5, 5.41) is 0. The van der Waals surface area contributed by atoms with Crippen LogP contribution in [-0.4, -0.2) is 18.2 Å². The van der Waals surface area contributed by atoms with Crippen molar-refractivity contribution in [3.63, 3.8) is 0 Å². The van der Waals surface area contributed by atoms with Crippen molar-refractivity contribution in [1.29, 1.82) is 0 Å². The molecule has 0 spiro atoms. The van der Waals surface area contributed by atoms with Crippen LogP contribution >= 0.6 is 7.82 Å². The molecule has 0 N–H and O–H groups in total. The van der Waals surface area contributed by atoms with E-state index in [1.165, 1.54) is 6.92 Å². The molecule has 5 nitrogen and oxygen atoms in total. The maximum absolute atomic E-state index is 12.0. The fraction of sp³-hybridized carbons (Fsp3) is 0.900. The molecule has 0 aliphatic rings. The van der Waals surface area contributed by atoms with Crippen LogP contribution in [-0.2, 0) is 22.9 Å². The largest absolute Gasteiger partial charge is 0.532 e. The number of unbranched alkanes of at least 4 members (excludes halogenated alkanes) is 1. The van der Waals surface area contributed by atoms with E-state index in [-0.39, 0.29) is 6.61 Å². The highest BCUT2D eigenvalue weighted by Crippen LogP contribution is 2.52. The predicted molar refractivity (Wildman–Crippen MR) is 61.1 cm³/mol. The molecule has 16 heavy (non-hydrogen) atoms. The summed E-state index contributed by atoms with van der Waals surface area (Å²) in [6.07, 6.45) is 1.63. The number of rotatable bonds is 6. The summed E-state index contributed by atoms with van der Waals surface area (Å²) in [6.45, 7) is 8.54. The van der Waals surface area contributed by atoms with Gasteiger partial charge >= 0.3 is 13.8 Å². The Hall–Kier alpha value is -0.380. The molecule has 6 heteroatoms. The minimum atomic E-state index is -3.78. The molecule has 0 aromatic carbocycles. The lowest BCUT2D eigenvalue weighted by Crippen LogP contribution is -2.20. The zero-order chi connectivity index (χ0) is 12.8. The smallest absolute Gasteiger partial charge is 0.371 e. The highest BCUT2D eigenvalue weighted by molar-refractivity contribution is 7.49. The first-order valence-electron chi connectivity index (χ1n) is 5.34. The molecule has 0 saturated carbocycles. The number of hydrogen-bond donors (Lipinski definition) is 0. The van der Waals surface area contributed by atoms with Crippen molar-refractivity contribution in [1.82, 2.24) is 0 Å². The zero-order valence-electron chi connectivity index (χ0n) is 10.6. The minimum absolute atomic E-state index is 0.247. The van der Waals surface area contributed by atoms with Gasteiger partial charge in [-0.3, -0.25) is 13.8 Å². The highest BCUT2D eigenvalue weighted by atomic mass is 31.2. The molecular formula is C10H21O5P. The molecule has 0 radical (unpaired) electrons. The van der Waals surface area contributed by atoms with Crippen LogP contribution in [0.1, 0.15) is 47.5 Å². The van der Waals surface area contributed by atoms with Crippen LogP contribution in [0.15, 0.2) is 0 Å². The van der Waals surface area contributed by atoms with Gasteiger partial charge in [0, 0.05) is 6.92 Å². The van der Waals surface area contributed by atoms with Crippen molar-refractivity contribution < 1.29 is 22.9 Å². The second kappa shape index (κ2) is 6.38. The van der Waals surface area contributed by atoms with Gasteiger partial charge in [-0.25, -0.2) is 4.57 Å². The Morgan fingerprint density at radius 1 is 1.31 bits per heavy atom. The molecule has 0 aromatic rings. The van der Waals surface area contributed by atoms with E-state index >= 15 is 0 Å². The van der Waals surface area contributed by atoms with Crippen molar-refractivity contribution in [2.24, 2.45) is 0 Å². The summed E-state index contributed by atoms with van der Waals surface area (Å²) in [6, 6.07) is 0. The fourth-order valence-corrected chi connectivity index (χ4v) is 2.37. The number of phosphoric ester groups is 1. The minimum Gasteiger partial charge on any atom is -0.371 e. The van der Waals surface area contributed by atoms with Gasteiger partial charge in [-0.05, 0) is 27.2 Å². The van der Waals surface area contributed by atoms with E-state index in [2.05, 4.69) is 4.52 Å². The van der Waals surface area contributed by atoms with Gasteiger partial charge in [-0.1, -0.05) is 13.3 Å². The summed E-state index contributed by atoms with van der Waals surface area (Å²) < 4.78 is 26.9. The van der Waals surface area contributed by atoms with Crippen molar-refractivity contribution in [3.8, 4) is 0 Å². The molecule has 96 valence electrons. The highest BCUT2D eigenvalue weighted by Gasteiger charge is 2.35. The van der Waals surface area contributed by atoms with Crippen molar-refractivity contribution in [3.05, 3.63) is 0 Å². The van der Waals surface area contributed by atoms with Crippen LogP contribution < -0.4 is 0 Å². The summed E-state index contributed by atoms with van der Waals surface area (Å²) in [4.78, 5) is 10.8. The van der Waals surface area contributed by atoms with E-state index in [1.807, 2.05) is 6.92 Å². The molecular weight excluding hydrogens is 231 g/mol. The summed E-state index contributed by atoms with van der Waals surface area (Å²) in [7, 11) is -3.78. The van der Waals surface area contributed by atoms with Crippen LogP contribution in [0.4, 0.5) is 0 Å². The lowest BCUT2D eigenvalue weighted by atomic mass is 10.2. The van der Waals surface area contributed by atoms with Gasteiger partial charge in [0.2, 0.25) is 0 Å². The van der Waals surface area contributed by atoms with Crippen molar-refractivity contribution in [2.45, 2.75) is 53.1 Å². The molecule has 0 aliphatic heterocycles. The third-order valence-corrected chi connectivity index (χ3v) is 3.12. The van der Waals surface area contributed by atoms with Crippen LogP contribution in [0.2, 0.25) is 0 Å². The Kier molecular flexibility index (Phi) is 6.23. The molecule has 0 amide bonds. The average Bonchev–Trinajstić information content (AvgIpc) is 1.98. The number of phosphoric acid groups is 1. The molecule has 1 atom stereocenters. The van der Waals surface area contributed by atoms with Crippen LogP contribution in [0.25, 0.3) is 0 Å². The van der Waals surface area contributed by atoms with Gasteiger partial charge < -0.3 is 4.52 Å². The monoisotopic (exact) mass is 252 g/mol. The molecule has 0 aromatic heterocycles. The van der Waals surface area contributed by atoms with E-state index in [0.717, 1.165) is 12.8 Å². The zero-order valence-corrected chi connectivity index (χ0v) is 11.5. The van der Waals surface area contributed by atoms with Gasteiger partial charge in [-0.15, -0.1) is 0 Å². The molecule has 0 heterocycles. The molecule has 1 unspecified atom stereocenters. The summed E-state index contributed by atoms with van der Waals surface area (Å²) in [5.41, 5.74) is -0.697. The lowest BCUT2D eigenvalue weighted by molar-refractivity contribution is -0.134. The Labute approximate surface area is 97.1 Å². The van der Waals surface area contributed by atoms with Crippen LogP contribution in [0.3, 0.4) is 0 Å². The third kappa shape index (κ3) is 7.85. The predicted octanol–water partition coefficient (Wildman–Crippen LogP) is 3.29.